The van der Waals surface area contributed by atoms with Gasteiger partial charge in [0.2, 0.25) is 0 Å². The van der Waals surface area contributed by atoms with Gasteiger partial charge in [0, 0.05) is 5.22 Å². The quantitative estimate of drug-likeness (QED) is 0.289. The second-order valence-corrected chi connectivity index (χ2v) is 7.17. The maximum Gasteiger partial charge on any atom is 0.294 e. The fourth-order valence-corrected chi connectivity index (χ4v) is 3.04. The summed E-state index contributed by atoms with van der Waals surface area (Å²) in [6.45, 7) is 9.73. The van der Waals surface area contributed by atoms with Gasteiger partial charge >= 0.3 is 0 Å². The molecule has 0 bridgehead atoms. The molecule has 0 heterocycles. The van der Waals surface area contributed by atoms with Crippen molar-refractivity contribution in [3.63, 3.8) is 0 Å². The molecule has 0 aliphatic heterocycles. The van der Waals surface area contributed by atoms with Gasteiger partial charge in [-0.1, -0.05) is 45.9 Å². The van der Waals surface area contributed by atoms with Crippen LogP contribution in [0.3, 0.4) is 0 Å². The van der Waals surface area contributed by atoms with E-state index >= 15 is 0 Å². The lowest BCUT2D eigenvalue weighted by atomic mass is 10.1. The number of aryl methyl sites for hydroxylation is 1. The Morgan fingerprint density at radius 3 is 2.10 bits per heavy atom. The van der Waals surface area contributed by atoms with E-state index in [0.29, 0.717) is 17.7 Å². The third-order valence-electron chi connectivity index (χ3n) is 3.88. The molecule has 0 fully saturated rings. The minimum absolute atomic E-state index is 0.0584. The average molecular weight is 425 g/mol. The van der Waals surface area contributed by atoms with Crippen LogP contribution in [0, 0.1) is 0 Å². The van der Waals surface area contributed by atoms with Crippen LogP contribution in [0.1, 0.15) is 46.6 Å². The number of anilines is 2. The molecular formula is C21H32N2O5S. The molecule has 0 atom stereocenters. The summed E-state index contributed by atoms with van der Waals surface area (Å²) in [5.74, 6) is 0.0150. The molecule has 0 aliphatic carbocycles. The average Bonchev–Trinajstić information content (AvgIpc) is 2.68. The minimum Gasteiger partial charge on any atom is -0.506 e. The second kappa shape index (κ2) is 12.0. The van der Waals surface area contributed by atoms with Crippen molar-refractivity contribution < 1.29 is 23.2 Å². The predicted octanol–water partition coefficient (Wildman–Crippen LogP) is 2.78. The predicted molar refractivity (Wildman–Crippen MR) is 120 cm³/mol. The number of nitrogen functional groups attached to an aromatic ring is 2. The van der Waals surface area contributed by atoms with Crippen molar-refractivity contribution in [2.24, 2.45) is 0 Å². The number of phenolic OH excluding ortho intramolecular Hbond substituents is 2. The third kappa shape index (κ3) is 7.32. The summed E-state index contributed by atoms with van der Waals surface area (Å²) in [6, 6.07) is 5.72. The van der Waals surface area contributed by atoms with Gasteiger partial charge in [0.1, 0.15) is 11.5 Å². The standard InChI is InChI=1S/C11H15NO.C8H11NO4S.C2H6/c1-3-5-8-6-7-10(13)11(12)9(8)4-2;1-2-5-3-6(14(11,12)13)4-7(9)8(5)10;1-2/h4-7,13H,3,12H2,1-2H3;3-4,10H,2,9H2,1H3,(H,11,12,13);1-2H3/b8-5-,9-4+;;. The van der Waals surface area contributed by atoms with Crippen LogP contribution in [0.5, 0.6) is 11.5 Å². The number of phenols is 2. The largest absolute Gasteiger partial charge is 0.506 e. The van der Waals surface area contributed by atoms with Crippen molar-refractivity contribution in [1.29, 1.82) is 0 Å². The molecule has 0 radical (unpaired) electrons. The Bertz CT molecular complexity index is 1030. The molecule has 2 aromatic carbocycles. The Kier molecular flexibility index (Phi) is 10.9. The molecule has 162 valence electrons. The molecule has 0 amide bonds. The van der Waals surface area contributed by atoms with Crippen LogP contribution in [0.2, 0.25) is 0 Å². The maximum atomic E-state index is 10.8. The molecule has 0 aromatic heterocycles. The second-order valence-electron chi connectivity index (χ2n) is 5.75. The fourth-order valence-electron chi connectivity index (χ4n) is 2.47. The maximum absolute atomic E-state index is 10.8. The Labute approximate surface area is 172 Å². The summed E-state index contributed by atoms with van der Waals surface area (Å²) in [7, 11) is -4.27. The SMILES string of the molecule is C/C=c1/c(N)c(O)cc/c1=C/CC.CC.CCc1cc(S(=O)(=O)O)cc(N)c1O. The molecule has 0 aliphatic rings. The lowest BCUT2D eigenvalue weighted by molar-refractivity contribution is 0.469. The topological polar surface area (TPSA) is 147 Å². The van der Waals surface area contributed by atoms with Crippen LogP contribution in [-0.2, 0) is 16.5 Å². The summed E-state index contributed by atoms with van der Waals surface area (Å²) >= 11 is 0. The number of nitrogens with two attached hydrogens (primary N) is 2. The minimum atomic E-state index is -4.27. The van der Waals surface area contributed by atoms with Gasteiger partial charge in [0.05, 0.1) is 16.3 Å². The van der Waals surface area contributed by atoms with E-state index < -0.39 is 10.1 Å². The van der Waals surface area contributed by atoms with E-state index in [1.54, 1.807) is 13.0 Å². The first-order valence-electron chi connectivity index (χ1n) is 9.39. The highest BCUT2D eigenvalue weighted by Crippen LogP contribution is 2.28. The number of rotatable bonds is 3. The van der Waals surface area contributed by atoms with Crippen molar-refractivity contribution in [2.75, 3.05) is 11.5 Å². The monoisotopic (exact) mass is 424 g/mol. The van der Waals surface area contributed by atoms with Gasteiger partial charge in [0.15, 0.2) is 0 Å². The van der Waals surface area contributed by atoms with Crippen molar-refractivity contribution in [3.05, 3.63) is 40.3 Å². The van der Waals surface area contributed by atoms with E-state index in [2.05, 4.69) is 13.0 Å². The Hall–Kier alpha value is -2.71. The molecule has 0 saturated heterocycles. The lowest BCUT2D eigenvalue weighted by Crippen LogP contribution is -2.27. The fraction of sp³-hybridized carbons (Fsp3) is 0.333. The zero-order valence-corrected chi connectivity index (χ0v) is 18.4. The van der Waals surface area contributed by atoms with Crippen LogP contribution in [0.4, 0.5) is 11.4 Å². The smallest absolute Gasteiger partial charge is 0.294 e. The first kappa shape index (κ1) is 26.3. The normalized spacial score (nSPS) is 11.9. The van der Waals surface area contributed by atoms with Crippen LogP contribution in [0.25, 0.3) is 12.2 Å². The van der Waals surface area contributed by atoms with Crippen molar-refractivity contribution in [1.82, 2.24) is 0 Å². The molecule has 7 N–H and O–H groups in total. The van der Waals surface area contributed by atoms with Gasteiger partial charge in [-0.2, -0.15) is 8.42 Å². The van der Waals surface area contributed by atoms with Gasteiger partial charge in [-0.15, -0.1) is 0 Å². The number of benzene rings is 2. The third-order valence-corrected chi connectivity index (χ3v) is 4.71. The molecule has 0 unspecified atom stereocenters. The summed E-state index contributed by atoms with van der Waals surface area (Å²) in [5.41, 5.74) is 11.9. The summed E-state index contributed by atoms with van der Waals surface area (Å²) < 4.78 is 30.3. The van der Waals surface area contributed by atoms with E-state index in [1.807, 2.05) is 32.9 Å². The van der Waals surface area contributed by atoms with Gasteiger partial charge in [0.25, 0.3) is 10.1 Å². The van der Waals surface area contributed by atoms with Gasteiger partial charge in [-0.05, 0) is 48.7 Å². The zero-order chi connectivity index (χ0) is 22.8. The summed E-state index contributed by atoms with van der Waals surface area (Å²) in [4.78, 5) is -0.301. The van der Waals surface area contributed by atoms with Crippen molar-refractivity contribution >= 4 is 33.6 Å². The van der Waals surface area contributed by atoms with Crippen LogP contribution < -0.4 is 21.9 Å². The van der Waals surface area contributed by atoms with Gasteiger partial charge in [-0.25, -0.2) is 0 Å². The van der Waals surface area contributed by atoms with E-state index in [1.165, 1.54) is 6.07 Å². The Balaban J connectivity index is 0.000000499. The first-order chi connectivity index (χ1) is 13.6. The van der Waals surface area contributed by atoms with Gasteiger partial charge in [-0.3, -0.25) is 4.55 Å². The van der Waals surface area contributed by atoms with E-state index in [-0.39, 0.29) is 22.1 Å². The van der Waals surface area contributed by atoms with Crippen LogP contribution >= 0.6 is 0 Å². The summed E-state index contributed by atoms with van der Waals surface area (Å²) in [6.07, 6.45) is 5.39. The van der Waals surface area contributed by atoms with Crippen molar-refractivity contribution in [3.8, 4) is 11.5 Å². The Morgan fingerprint density at radius 2 is 1.66 bits per heavy atom. The van der Waals surface area contributed by atoms with E-state index in [4.69, 9.17) is 16.0 Å². The number of hydrogen-bond acceptors (Lipinski definition) is 6. The first-order valence-corrected chi connectivity index (χ1v) is 10.8. The molecule has 0 spiro atoms. The lowest BCUT2D eigenvalue weighted by Gasteiger charge is -2.06. The molecule has 8 heteroatoms. The molecule has 29 heavy (non-hydrogen) atoms. The Morgan fingerprint density at radius 1 is 1.07 bits per heavy atom. The molecule has 0 saturated carbocycles. The summed E-state index contributed by atoms with van der Waals surface area (Å²) in [5, 5.41) is 20.8. The molecular weight excluding hydrogens is 392 g/mol. The van der Waals surface area contributed by atoms with Crippen LogP contribution in [0.15, 0.2) is 29.2 Å². The van der Waals surface area contributed by atoms with Crippen molar-refractivity contribution in [2.45, 2.75) is 52.4 Å². The highest BCUT2D eigenvalue weighted by atomic mass is 32.2. The number of hydrogen-bond donors (Lipinski definition) is 5. The highest BCUT2D eigenvalue weighted by Gasteiger charge is 2.14. The zero-order valence-electron chi connectivity index (χ0n) is 17.6. The number of aromatic hydroxyl groups is 2. The highest BCUT2D eigenvalue weighted by molar-refractivity contribution is 7.85. The molecule has 2 aromatic rings. The van der Waals surface area contributed by atoms with E-state index in [9.17, 15) is 18.6 Å². The van der Waals surface area contributed by atoms with E-state index in [0.717, 1.165) is 22.9 Å². The molecule has 7 nitrogen and oxygen atoms in total. The van der Waals surface area contributed by atoms with Crippen LogP contribution in [-0.4, -0.2) is 23.2 Å². The van der Waals surface area contributed by atoms with Gasteiger partial charge < -0.3 is 21.7 Å². The molecule has 2 rings (SSSR count).